The van der Waals surface area contributed by atoms with E-state index in [0.717, 1.165) is 0 Å². The normalized spacial score (nSPS) is 10.9. The lowest BCUT2D eigenvalue weighted by molar-refractivity contribution is -0.137. The molecule has 0 unspecified atom stereocenters. The molecule has 0 rings (SSSR count). The van der Waals surface area contributed by atoms with Crippen molar-refractivity contribution in [3.8, 4) is 0 Å². The van der Waals surface area contributed by atoms with Gasteiger partial charge in [0, 0.05) is 0 Å². The van der Waals surface area contributed by atoms with Crippen LogP contribution >= 0.6 is 7.60 Å². The molecule has 9 heteroatoms. The molecule has 0 aliphatic heterocycles. The summed E-state index contributed by atoms with van der Waals surface area (Å²) in [6.45, 7) is -0.708. The van der Waals surface area contributed by atoms with Gasteiger partial charge < -0.3 is 25.5 Å². The number of nitrogens with zero attached hydrogens (tertiary/aromatic N) is 1. The van der Waals surface area contributed by atoms with Gasteiger partial charge in [-0.1, -0.05) is 0 Å². The van der Waals surface area contributed by atoms with Gasteiger partial charge in [0.15, 0.2) is 5.96 Å². The van der Waals surface area contributed by atoms with E-state index < -0.39 is 32.4 Å². The average molecular weight is 211 g/mol. The van der Waals surface area contributed by atoms with Gasteiger partial charge >= 0.3 is 13.6 Å². The highest BCUT2D eigenvalue weighted by Crippen LogP contribution is 2.34. The number of carboxylic acids is 1. The Morgan fingerprint density at radius 2 is 2.00 bits per heavy atom. The first-order valence-corrected chi connectivity index (χ1v) is 4.87. The summed E-state index contributed by atoms with van der Waals surface area (Å²) >= 11 is 0. The number of hydrogen-bond acceptors (Lipinski definition) is 3. The third-order valence-corrected chi connectivity index (χ3v) is 1.73. The lowest BCUT2D eigenvalue weighted by Gasteiger charge is -2.20. The maximum Gasteiger partial charge on any atom is 0.344 e. The molecule has 0 saturated carbocycles. The number of carboxylic acid groups (broad SMARTS) is 1. The number of guanidine groups is 1. The van der Waals surface area contributed by atoms with Crippen molar-refractivity contribution < 1.29 is 24.3 Å². The van der Waals surface area contributed by atoms with Gasteiger partial charge in [0.2, 0.25) is 0 Å². The van der Waals surface area contributed by atoms with Crippen molar-refractivity contribution in [3.05, 3.63) is 0 Å². The molecule has 0 saturated heterocycles. The Bertz CT molecular complexity index is 261. The Balaban J connectivity index is 4.36. The molecule has 0 spiro atoms. The van der Waals surface area contributed by atoms with Gasteiger partial charge in [0.25, 0.3) is 0 Å². The fraction of sp³-hybridized carbons (Fsp3) is 0.500. The Hall–Kier alpha value is -1.11. The molecule has 13 heavy (non-hydrogen) atoms. The highest BCUT2D eigenvalue weighted by molar-refractivity contribution is 7.51. The maximum atomic E-state index is 10.4. The number of rotatable bonds is 4. The van der Waals surface area contributed by atoms with Crippen LogP contribution in [0.3, 0.4) is 0 Å². The summed E-state index contributed by atoms with van der Waals surface area (Å²) in [4.78, 5) is 27.7. The van der Waals surface area contributed by atoms with Gasteiger partial charge in [-0.2, -0.15) is 0 Å². The van der Waals surface area contributed by atoms with Gasteiger partial charge in [0.05, 0.1) is 0 Å². The van der Waals surface area contributed by atoms with Crippen LogP contribution in [0.15, 0.2) is 0 Å². The van der Waals surface area contributed by atoms with Gasteiger partial charge in [0.1, 0.15) is 12.8 Å². The zero-order chi connectivity index (χ0) is 10.6. The largest absolute Gasteiger partial charge is 0.480 e. The molecule has 0 fully saturated rings. The lowest BCUT2D eigenvalue weighted by Crippen LogP contribution is -2.40. The summed E-state index contributed by atoms with van der Waals surface area (Å²) in [6, 6.07) is 0. The molecule has 0 radical (unpaired) electrons. The summed E-state index contributed by atoms with van der Waals surface area (Å²) in [5, 5.41) is 15.1. The molecular formula is C4H10N3O5P. The van der Waals surface area contributed by atoms with Crippen molar-refractivity contribution in [2.24, 2.45) is 5.73 Å². The lowest BCUT2D eigenvalue weighted by atomic mass is 10.6. The molecule has 0 aromatic heterocycles. The third kappa shape index (κ3) is 6.09. The van der Waals surface area contributed by atoms with Crippen molar-refractivity contribution in [2.75, 3.05) is 12.8 Å². The van der Waals surface area contributed by atoms with Crippen molar-refractivity contribution >= 4 is 19.5 Å². The van der Waals surface area contributed by atoms with Crippen LogP contribution in [-0.4, -0.2) is 44.6 Å². The summed E-state index contributed by atoms with van der Waals surface area (Å²) < 4.78 is 10.4. The van der Waals surface area contributed by atoms with Crippen LogP contribution in [0, 0.1) is 5.41 Å². The van der Waals surface area contributed by atoms with Gasteiger partial charge in [-0.15, -0.1) is 0 Å². The van der Waals surface area contributed by atoms with Gasteiger partial charge in [-0.3, -0.25) is 14.8 Å². The first-order valence-electron chi connectivity index (χ1n) is 3.07. The Kier molecular flexibility index (Phi) is 3.86. The highest BCUT2D eigenvalue weighted by Gasteiger charge is 2.21. The highest BCUT2D eigenvalue weighted by atomic mass is 31.2. The molecule has 76 valence electrons. The fourth-order valence-electron chi connectivity index (χ4n) is 0.597. The maximum absolute atomic E-state index is 10.4. The molecular weight excluding hydrogens is 201 g/mol. The van der Waals surface area contributed by atoms with Crippen molar-refractivity contribution in [1.29, 1.82) is 5.41 Å². The van der Waals surface area contributed by atoms with Crippen molar-refractivity contribution in [2.45, 2.75) is 0 Å². The zero-order valence-electron chi connectivity index (χ0n) is 6.54. The van der Waals surface area contributed by atoms with Crippen molar-refractivity contribution in [1.82, 2.24) is 4.90 Å². The van der Waals surface area contributed by atoms with E-state index in [2.05, 4.69) is 0 Å². The third-order valence-electron chi connectivity index (χ3n) is 1.02. The van der Waals surface area contributed by atoms with E-state index >= 15 is 0 Å². The van der Waals surface area contributed by atoms with Crippen LogP contribution in [0.1, 0.15) is 0 Å². The number of hydrogen-bond donors (Lipinski definition) is 5. The molecule has 6 N–H and O–H groups in total. The van der Waals surface area contributed by atoms with Gasteiger partial charge in [-0.05, 0) is 0 Å². The minimum Gasteiger partial charge on any atom is -0.480 e. The van der Waals surface area contributed by atoms with Gasteiger partial charge in [-0.25, -0.2) is 0 Å². The Labute approximate surface area is 73.6 Å². The van der Waals surface area contributed by atoms with Crippen LogP contribution < -0.4 is 5.73 Å². The smallest absolute Gasteiger partial charge is 0.344 e. The second-order valence-corrected chi connectivity index (χ2v) is 3.90. The van der Waals surface area contributed by atoms with Crippen LogP contribution in [-0.2, 0) is 9.36 Å². The Morgan fingerprint density at radius 3 is 2.23 bits per heavy atom. The number of carbonyl (C=O) groups is 1. The van der Waals surface area contributed by atoms with E-state index in [1.165, 1.54) is 0 Å². The number of aliphatic carboxylic acids is 1. The second kappa shape index (κ2) is 4.22. The fourth-order valence-corrected chi connectivity index (χ4v) is 1.29. The predicted octanol–water partition coefficient (Wildman–Crippen LogP) is -1.60. The first kappa shape index (κ1) is 11.9. The standard InChI is InChI=1S/C4H10N3O5P/c5-4(6)7(1-3(8)9)2-13(10,11)12/h1-2H2,(H3,5,6)(H,8,9)(H2,10,11,12). The monoisotopic (exact) mass is 211 g/mol. The number of nitrogens with one attached hydrogen (secondary N) is 1. The van der Waals surface area contributed by atoms with Crippen LogP contribution in [0.2, 0.25) is 0 Å². The second-order valence-electron chi connectivity index (χ2n) is 2.28. The summed E-state index contributed by atoms with van der Waals surface area (Å²) in [5.74, 6) is -2.01. The first-order chi connectivity index (χ1) is 5.72. The topological polar surface area (TPSA) is 148 Å². The van der Waals surface area contributed by atoms with E-state index in [0.29, 0.717) is 4.90 Å². The minimum absolute atomic E-state index is 0.573. The molecule has 0 aliphatic carbocycles. The molecule has 0 amide bonds. The SMILES string of the molecule is N=C(N)N(CC(=O)O)CP(=O)(O)O. The minimum atomic E-state index is -4.39. The van der Waals surface area contributed by atoms with Crippen LogP contribution in [0.4, 0.5) is 0 Å². The Morgan fingerprint density at radius 1 is 1.54 bits per heavy atom. The molecule has 0 aliphatic rings. The molecule has 0 heterocycles. The molecule has 0 aromatic carbocycles. The molecule has 0 aromatic rings. The summed E-state index contributed by atoms with van der Waals surface area (Å²) in [7, 11) is -4.39. The number of nitrogens with two attached hydrogens (primary N) is 1. The van der Waals surface area contributed by atoms with E-state index in [9.17, 15) is 9.36 Å². The molecule has 8 nitrogen and oxygen atoms in total. The molecule has 0 atom stereocenters. The zero-order valence-corrected chi connectivity index (χ0v) is 7.44. The van der Waals surface area contributed by atoms with E-state index in [-0.39, 0.29) is 0 Å². The summed E-state index contributed by atoms with van der Waals surface area (Å²) in [5.41, 5.74) is 4.89. The van der Waals surface area contributed by atoms with E-state index in [1.807, 2.05) is 0 Å². The van der Waals surface area contributed by atoms with Crippen molar-refractivity contribution in [3.63, 3.8) is 0 Å². The quantitative estimate of drug-likeness (QED) is 0.213. The average Bonchev–Trinajstić information content (AvgIpc) is 1.81. The van der Waals surface area contributed by atoms with Crippen LogP contribution in [0.25, 0.3) is 0 Å². The van der Waals surface area contributed by atoms with E-state index in [4.69, 9.17) is 26.0 Å². The van der Waals surface area contributed by atoms with E-state index in [1.54, 1.807) is 0 Å². The predicted molar refractivity (Wildman–Crippen MR) is 43.2 cm³/mol. The molecule has 0 bridgehead atoms. The summed E-state index contributed by atoms with van der Waals surface area (Å²) in [6.07, 6.45) is -0.866. The van der Waals surface area contributed by atoms with Crippen LogP contribution in [0.5, 0.6) is 0 Å².